The summed E-state index contributed by atoms with van der Waals surface area (Å²) >= 11 is 0. The predicted octanol–water partition coefficient (Wildman–Crippen LogP) is 6.10. The van der Waals surface area contributed by atoms with E-state index in [1.165, 1.54) is 0 Å². The largest absolute Gasteiger partial charge is 0.373 e. The maximum absolute atomic E-state index is 12.3. The summed E-state index contributed by atoms with van der Waals surface area (Å²) in [6.45, 7) is 8.33. The predicted molar refractivity (Wildman–Crippen MR) is 119 cm³/mol. The molecule has 2 radical (unpaired) electrons. The molecule has 6 nitrogen and oxygen atoms in total. The van der Waals surface area contributed by atoms with Gasteiger partial charge >= 0.3 is 11.9 Å². The molecule has 0 saturated heterocycles. The van der Waals surface area contributed by atoms with E-state index < -0.39 is 18.0 Å². The monoisotopic (exact) mass is 438 g/mol. The SMILES string of the molecule is CC(C)c1ccc(C(=O)OO[C]2CCC[CH]C2OOC(=O)c2ccc(C(C)C)cc2)cc1. The molecule has 0 bridgehead atoms. The highest BCUT2D eigenvalue weighted by atomic mass is 17.2. The van der Waals surface area contributed by atoms with Crippen LogP contribution < -0.4 is 0 Å². The van der Waals surface area contributed by atoms with E-state index in [0.29, 0.717) is 35.5 Å². The van der Waals surface area contributed by atoms with Crippen molar-refractivity contribution in [1.29, 1.82) is 0 Å². The molecule has 0 N–H and O–H groups in total. The van der Waals surface area contributed by atoms with E-state index >= 15 is 0 Å². The van der Waals surface area contributed by atoms with Gasteiger partial charge in [0.2, 0.25) is 0 Å². The summed E-state index contributed by atoms with van der Waals surface area (Å²) in [6, 6.07) is 14.4. The summed E-state index contributed by atoms with van der Waals surface area (Å²) in [6.07, 6.45) is 3.61. The van der Waals surface area contributed by atoms with Gasteiger partial charge in [-0.1, -0.05) is 52.0 Å². The Morgan fingerprint density at radius 2 is 1.28 bits per heavy atom. The van der Waals surface area contributed by atoms with Gasteiger partial charge in [0.15, 0.2) is 6.10 Å². The molecular weight excluding hydrogens is 408 g/mol. The lowest BCUT2D eigenvalue weighted by molar-refractivity contribution is -0.311. The molecule has 0 aromatic heterocycles. The average molecular weight is 439 g/mol. The Morgan fingerprint density at radius 3 is 1.78 bits per heavy atom. The lowest BCUT2D eigenvalue weighted by atomic mass is 9.95. The second-order valence-electron chi connectivity index (χ2n) is 8.49. The van der Waals surface area contributed by atoms with Gasteiger partial charge < -0.3 is 0 Å². The summed E-state index contributed by atoms with van der Waals surface area (Å²) in [7, 11) is 0. The number of benzene rings is 2. The van der Waals surface area contributed by atoms with Crippen LogP contribution in [-0.2, 0) is 19.6 Å². The van der Waals surface area contributed by atoms with Crippen LogP contribution in [-0.4, -0.2) is 18.0 Å². The number of hydrogen-bond acceptors (Lipinski definition) is 6. The van der Waals surface area contributed by atoms with Crippen LogP contribution in [0.5, 0.6) is 0 Å². The summed E-state index contributed by atoms with van der Waals surface area (Å²) in [5.41, 5.74) is 3.05. The topological polar surface area (TPSA) is 71.1 Å². The molecule has 170 valence electrons. The standard InChI is InChI=1S/C26H30O6/c1-17(2)19-9-13-21(14-10-19)25(27)31-29-23-7-5-6-8-24(23)30-32-26(28)22-15-11-20(12-16-22)18(3)4/h7,9-18,23H,5-6,8H2,1-4H3. The van der Waals surface area contributed by atoms with Crippen molar-refractivity contribution in [2.45, 2.75) is 64.9 Å². The number of hydrogen-bond donors (Lipinski definition) is 0. The number of carbonyl (C=O) groups excluding carboxylic acids is 2. The minimum absolute atomic E-state index is 0.373. The first-order chi connectivity index (χ1) is 15.3. The minimum atomic E-state index is -0.709. The Morgan fingerprint density at radius 1 is 0.781 bits per heavy atom. The fourth-order valence-electron chi connectivity index (χ4n) is 3.29. The normalized spacial score (nSPS) is 16.9. The van der Waals surface area contributed by atoms with Crippen molar-refractivity contribution in [2.75, 3.05) is 0 Å². The van der Waals surface area contributed by atoms with E-state index in [-0.39, 0.29) is 0 Å². The van der Waals surface area contributed by atoms with Crippen LogP contribution in [0.15, 0.2) is 48.5 Å². The lowest BCUT2D eigenvalue weighted by Crippen LogP contribution is -2.30. The summed E-state index contributed by atoms with van der Waals surface area (Å²) in [4.78, 5) is 45.2. The highest BCUT2D eigenvalue weighted by molar-refractivity contribution is 5.89. The third kappa shape index (κ3) is 6.40. The highest BCUT2D eigenvalue weighted by Gasteiger charge is 2.33. The number of rotatable bonds is 8. The van der Waals surface area contributed by atoms with E-state index in [4.69, 9.17) is 19.6 Å². The highest BCUT2D eigenvalue weighted by Crippen LogP contribution is 2.30. The Hall–Kier alpha value is -2.70. The maximum atomic E-state index is 12.3. The van der Waals surface area contributed by atoms with Crippen LogP contribution in [0.4, 0.5) is 0 Å². The molecule has 32 heavy (non-hydrogen) atoms. The van der Waals surface area contributed by atoms with Crippen LogP contribution in [0, 0.1) is 12.5 Å². The van der Waals surface area contributed by atoms with E-state index in [2.05, 4.69) is 27.7 Å². The first-order valence-corrected chi connectivity index (χ1v) is 11.0. The molecule has 2 aromatic carbocycles. The van der Waals surface area contributed by atoms with Gasteiger partial charge in [0.25, 0.3) is 0 Å². The molecule has 0 spiro atoms. The molecule has 1 atom stereocenters. The van der Waals surface area contributed by atoms with E-state index in [1.807, 2.05) is 30.7 Å². The van der Waals surface area contributed by atoms with Crippen LogP contribution in [0.2, 0.25) is 0 Å². The zero-order valence-corrected chi connectivity index (χ0v) is 19.0. The third-order valence-electron chi connectivity index (χ3n) is 5.40. The molecule has 0 aliphatic heterocycles. The zero-order chi connectivity index (χ0) is 23.1. The van der Waals surface area contributed by atoms with Crippen molar-refractivity contribution in [3.63, 3.8) is 0 Å². The molecule has 1 fully saturated rings. The summed E-state index contributed by atoms with van der Waals surface area (Å²) < 4.78 is 0. The molecule has 1 saturated carbocycles. The zero-order valence-electron chi connectivity index (χ0n) is 19.0. The van der Waals surface area contributed by atoms with Gasteiger partial charge in [-0.15, -0.1) is 0 Å². The molecule has 1 unspecified atom stereocenters. The van der Waals surface area contributed by atoms with Gasteiger partial charge in [-0.3, -0.25) is 9.78 Å². The van der Waals surface area contributed by atoms with Gasteiger partial charge in [0.1, 0.15) is 6.10 Å². The Bertz CT molecular complexity index is 810. The van der Waals surface area contributed by atoms with Gasteiger partial charge in [-0.2, -0.15) is 9.78 Å². The summed E-state index contributed by atoms with van der Waals surface area (Å²) in [5.74, 6) is -0.447. The average Bonchev–Trinajstić information content (AvgIpc) is 2.81. The van der Waals surface area contributed by atoms with Gasteiger partial charge in [-0.05, 0) is 72.9 Å². The lowest BCUT2D eigenvalue weighted by Gasteiger charge is -2.26. The second-order valence-corrected chi connectivity index (χ2v) is 8.49. The molecule has 6 heteroatoms. The maximum Gasteiger partial charge on any atom is 0.373 e. The van der Waals surface area contributed by atoms with Crippen molar-refractivity contribution in [2.24, 2.45) is 0 Å². The molecule has 0 heterocycles. The molecule has 1 aliphatic rings. The summed E-state index contributed by atoms with van der Waals surface area (Å²) in [5, 5.41) is 0. The van der Waals surface area contributed by atoms with Crippen molar-refractivity contribution in [3.8, 4) is 0 Å². The fourth-order valence-corrected chi connectivity index (χ4v) is 3.29. The Kier molecular flexibility index (Phi) is 8.42. The third-order valence-corrected chi connectivity index (χ3v) is 5.40. The van der Waals surface area contributed by atoms with Crippen molar-refractivity contribution in [1.82, 2.24) is 0 Å². The van der Waals surface area contributed by atoms with E-state index in [0.717, 1.165) is 24.0 Å². The minimum Gasteiger partial charge on any atom is -0.292 e. The molecule has 3 rings (SSSR count). The van der Waals surface area contributed by atoms with Crippen LogP contribution in [0.3, 0.4) is 0 Å². The molecule has 1 aliphatic carbocycles. The smallest absolute Gasteiger partial charge is 0.292 e. The van der Waals surface area contributed by atoms with Crippen LogP contribution in [0.25, 0.3) is 0 Å². The number of carbonyl (C=O) groups is 2. The quantitative estimate of drug-likeness (QED) is 0.366. The second kappa shape index (κ2) is 11.2. The van der Waals surface area contributed by atoms with Gasteiger partial charge in [0, 0.05) is 0 Å². The van der Waals surface area contributed by atoms with Crippen molar-refractivity contribution >= 4 is 11.9 Å². The Labute approximate surface area is 189 Å². The van der Waals surface area contributed by atoms with E-state index in [1.54, 1.807) is 24.3 Å². The van der Waals surface area contributed by atoms with Gasteiger partial charge in [0.05, 0.1) is 11.1 Å². The molecular formula is C26H30O6. The first kappa shape index (κ1) is 24.0. The van der Waals surface area contributed by atoms with Crippen LogP contribution in [0.1, 0.15) is 90.6 Å². The van der Waals surface area contributed by atoms with Gasteiger partial charge in [-0.25, -0.2) is 9.59 Å². The molecule has 2 aromatic rings. The fraction of sp³-hybridized carbons (Fsp3) is 0.385. The van der Waals surface area contributed by atoms with Crippen molar-refractivity contribution in [3.05, 3.63) is 83.3 Å². The van der Waals surface area contributed by atoms with Crippen molar-refractivity contribution < 1.29 is 29.1 Å². The van der Waals surface area contributed by atoms with E-state index in [9.17, 15) is 9.59 Å². The molecule has 0 amide bonds. The van der Waals surface area contributed by atoms with Crippen LogP contribution >= 0.6 is 0 Å². The first-order valence-electron chi connectivity index (χ1n) is 11.0. The Balaban J connectivity index is 1.51.